The second kappa shape index (κ2) is 6.01. The fraction of sp³-hybridized carbons (Fsp3) is 0.312. The van der Waals surface area contributed by atoms with E-state index in [-0.39, 0.29) is 17.7 Å². The summed E-state index contributed by atoms with van der Waals surface area (Å²) in [5.41, 5.74) is 1.32. The Bertz CT molecular complexity index is 689. The van der Waals surface area contributed by atoms with Crippen LogP contribution < -0.4 is 10.6 Å². The van der Waals surface area contributed by atoms with Crippen LogP contribution in [0.5, 0.6) is 0 Å². The zero-order valence-corrected chi connectivity index (χ0v) is 12.4. The Morgan fingerprint density at radius 2 is 2.00 bits per heavy atom. The van der Waals surface area contributed by atoms with Crippen molar-refractivity contribution in [3.63, 3.8) is 0 Å². The minimum Gasteiger partial charge on any atom is -0.347 e. The summed E-state index contributed by atoms with van der Waals surface area (Å²) in [6.07, 6.45) is 1.88. The van der Waals surface area contributed by atoms with Crippen LogP contribution in [-0.4, -0.2) is 21.6 Å². The third-order valence-corrected chi connectivity index (χ3v) is 3.61. The molecule has 0 spiro atoms. The largest absolute Gasteiger partial charge is 0.347 e. The Hall–Kier alpha value is -2.63. The fourth-order valence-electron chi connectivity index (χ4n) is 2.14. The highest BCUT2D eigenvalue weighted by Gasteiger charge is 2.30. The van der Waals surface area contributed by atoms with Gasteiger partial charge in [0.1, 0.15) is 5.82 Å². The van der Waals surface area contributed by atoms with Gasteiger partial charge in [-0.3, -0.25) is 14.3 Å². The molecule has 2 N–H and O–H groups in total. The van der Waals surface area contributed by atoms with E-state index in [0.29, 0.717) is 18.1 Å². The predicted molar refractivity (Wildman–Crippen MR) is 82.2 cm³/mol. The number of carbonyl (C=O) groups excluding carboxylic acids is 2. The molecule has 0 unspecified atom stereocenters. The van der Waals surface area contributed by atoms with Crippen LogP contribution in [0.15, 0.2) is 36.4 Å². The summed E-state index contributed by atoms with van der Waals surface area (Å²) >= 11 is 0. The van der Waals surface area contributed by atoms with Crippen molar-refractivity contribution in [2.45, 2.75) is 19.4 Å². The average molecular weight is 298 g/mol. The van der Waals surface area contributed by atoms with Crippen molar-refractivity contribution in [3.8, 4) is 0 Å². The Balaban J connectivity index is 1.61. The van der Waals surface area contributed by atoms with E-state index in [4.69, 9.17) is 0 Å². The highest BCUT2D eigenvalue weighted by atomic mass is 16.2. The van der Waals surface area contributed by atoms with Crippen molar-refractivity contribution in [2.75, 3.05) is 5.32 Å². The number of rotatable bonds is 5. The smallest absolute Gasteiger partial charge is 0.272 e. The number of aryl methyl sites for hydroxylation is 1. The van der Waals surface area contributed by atoms with E-state index in [9.17, 15) is 9.59 Å². The van der Waals surface area contributed by atoms with Gasteiger partial charge in [-0.2, -0.15) is 5.10 Å². The molecule has 0 saturated heterocycles. The molecule has 2 amide bonds. The molecule has 6 nitrogen and oxygen atoms in total. The zero-order valence-electron chi connectivity index (χ0n) is 12.4. The monoisotopic (exact) mass is 298 g/mol. The maximum Gasteiger partial charge on any atom is 0.272 e. The molecule has 1 aromatic heterocycles. The van der Waals surface area contributed by atoms with Crippen LogP contribution in [0.3, 0.4) is 0 Å². The number of carbonyl (C=O) groups is 2. The molecule has 0 bridgehead atoms. The van der Waals surface area contributed by atoms with Gasteiger partial charge in [-0.05, 0) is 18.4 Å². The van der Waals surface area contributed by atoms with E-state index >= 15 is 0 Å². The number of nitrogens with zero attached hydrogens (tertiary/aromatic N) is 2. The van der Waals surface area contributed by atoms with Gasteiger partial charge in [-0.1, -0.05) is 30.3 Å². The van der Waals surface area contributed by atoms with Crippen LogP contribution in [0.4, 0.5) is 5.82 Å². The first kappa shape index (κ1) is 14.3. The molecule has 0 aliphatic heterocycles. The molecule has 0 atom stereocenters. The number of hydrogen-bond acceptors (Lipinski definition) is 3. The first-order valence-corrected chi connectivity index (χ1v) is 7.30. The van der Waals surface area contributed by atoms with E-state index < -0.39 is 0 Å². The minimum absolute atomic E-state index is 0.000700. The lowest BCUT2D eigenvalue weighted by atomic mass is 10.2. The van der Waals surface area contributed by atoms with Crippen molar-refractivity contribution >= 4 is 17.6 Å². The molecule has 2 aromatic rings. The SMILES string of the molecule is Cn1nc(C(=O)NCc2ccccc2)cc1NC(=O)C1CC1. The van der Waals surface area contributed by atoms with Gasteiger partial charge in [0, 0.05) is 25.6 Å². The van der Waals surface area contributed by atoms with E-state index in [1.54, 1.807) is 13.1 Å². The van der Waals surface area contributed by atoms with E-state index in [2.05, 4.69) is 15.7 Å². The number of hydrogen-bond donors (Lipinski definition) is 2. The summed E-state index contributed by atoms with van der Waals surface area (Å²) in [6.45, 7) is 0.444. The summed E-state index contributed by atoms with van der Waals surface area (Å²) < 4.78 is 1.51. The van der Waals surface area contributed by atoms with Crippen LogP contribution in [-0.2, 0) is 18.4 Å². The van der Waals surface area contributed by atoms with Crippen LogP contribution in [0.25, 0.3) is 0 Å². The number of amides is 2. The summed E-state index contributed by atoms with van der Waals surface area (Å²) in [7, 11) is 1.70. The van der Waals surface area contributed by atoms with Crippen LogP contribution in [0.1, 0.15) is 28.9 Å². The fourth-order valence-corrected chi connectivity index (χ4v) is 2.14. The zero-order chi connectivity index (χ0) is 15.5. The third kappa shape index (κ3) is 3.33. The Morgan fingerprint density at radius 1 is 1.27 bits per heavy atom. The normalized spacial score (nSPS) is 13.7. The Morgan fingerprint density at radius 3 is 2.68 bits per heavy atom. The molecule has 1 aromatic carbocycles. The minimum atomic E-state index is -0.258. The summed E-state index contributed by atoms with van der Waals surface area (Å²) in [6, 6.07) is 11.3. The van der Waals surface area contributed by atoms with Crippen molar-refractivity contribution in [1.29, 1.82) is 0 Å². The molecule has 1 fully saturated rings. The van der Waals surface area contributed by atoms with Crippen molar-refractivity contribution in [1.82, 2.24) is 15.1 Å². The molecular formula is C16H18N4O2. The summed E-state index contributed by atoms with van der Waals surface area (Å²) in [4.78, 5) is 23.9. The molecule has 1 saturated carbocycles. The molecule has 0 radical (unpaired) electrons. The number of aromatic nitrogens is 2. The molecule has 6 heteroatoms. The first-order valence-electron chi connectivity index (χ1n) is 7.30. The first-order chi connectivity index (χ1) is 10.6. The van der Waals surface area contributed by atoms with E-state index in [0.717, 1.165) is 18.4 Å². The summed E-state index contributed by atoms with van der Waals surface area (Å²) in [5, 5.41) is 9.77. The Labute approximate surface area is 128 Å². The second-order valence-corrected chi connectivity index (χ2v) is 5.47. The summed E-state index contributed by atoms with van der Waals surface area (Å²) in [5.74, 6) is 0.401. The lowest BCUT2D eigenvalue weighted by Crippen LogP contribution is -2.23. The third-order valence-electron chi connectivity index (χ3n) is 3.61. The maximum absolute atomic E-state index is 12.1. The van der Waals surface area contributed by atoms with E-state index in [1.165, 1.54) is 4.68 Å². The van der Waals surface area contributed by atoms with Crippen molar-refractivity contribution in [3.05, 3.63) is 47.7 Å². The lowest BCUT2D eigenvalue weighted by Gasteiger charge is -2.02. The highest BCUT2D eigenvalue weighted by Crippen LogP contribution is 2.30. The van der Waals surface area contributed by atoms with Gasteiger partial charge in [0.25, 0.3) is 5.91 Å². The van der Waals surface area contributed by atoms with Gasteiger partial charge in [0.15, 0.2) is 5.69 Å². The highest BCUT2D eigenvalue weighted by molar-refractivity contribution is 5.96. The van der Waals surface area contributed by atoms with Crippen LogP contribution in [0.2, 0.25) is 0 Å². The van der Waals surface area contributed by atoms with Gasteiger partial charge in [-0.15, -0.1) is 0 Å². The molecule has 3 rings (SSSR count). The quantitative estimate of drug-likeness (QED) is 0.882. The van der Waals surface area contributed by atoms with Gasteiger partial charge >= 0.3 is 0 Å². The second-order valence-electron chi connectivity index (χ2n) is 5.47. The van der Waals surface area contributed by atoms with Gasteiger partial charge in [-0.25, -0.2) is 0 Å². The van der Waals surface area contributed by atoms with Gasteiger partial charge in [0.05, 0.1) is 0 Å². The molecule has 22 heavy (non-hydrogen) atoms. The van der Waals surface area contributed by atoms with Crippen LogP contribution >= 0.6 is 0 Å². The number of anilines is 1. The molecule has 1 heterocycles. The van der Waals surface area contributed by atoms with E-state index in [1.807, 2.05) is 30.3 Å². The van der Waals surface area contributed by atoms with Crippen LogP contribution in [0, 0.1) is 5.92 Å². The average Bonchev–Trinajstić information content (AvgIpc) is 3.31. The number of nitrogens with one attached hydrogen (secondary N) is 2. The lowest BCUT2D eigenvalue weighted by molar-refractivity contribution is -0.117. The Kier molecular flexibility index (Phi) is 3.91. The van der Waals surface area contributed by atoms with Crippen molar-refractivity contribution in [2.24, 2.45) is 13.0 Å². The molecule has 1 aliphatic carbocycles. The van der Waals surface area contributed by atoms with Crippen molar-refractivity contribution < 1.29 is 9.59 Å². The molecule has 1 aliphatic rings. The topological polar surface area (TPSA) is 76.0 Å². The van der Waals surface area contributed by atoms with Gasteiger partial charge < -0.3 is 10.6 Å². The molecular weight excluding hydrogens is 280 g/mol. The predicted octanol–water partition coefficient (Wildman–Crippen LogP) is 1.70. The molecule has 114 valence electrons. The standard InChI is InChI=1S/C16H18N4O2/c1-20-14(18-15(21)12-7-8-12)9-13(19-20)16(22)17-10-11-5-3-2-4-6-11/h2-6,9,12H,7-8,10H2,1H3,(H,17,22)(H,18,21). The number of benzene rings is 1. The maximum atomic E-state index is 12.1. The van der Waals surface area contributed by atoms with Gasteiger partial charge in [0.2, 0.25) is 5.91 Å².